The van der Waals surface area contributed by atoms with E-state index in [1.165, 1.54) is 25.5 Å². The summed E-state index contributed by atoms with van der Waals surface area (Å²) in [5.74, 6) is -0.156. The molecule has 26 heavy (non-hydrogen) atoms. The summed E-state index contributed by atoms with van der Waals surface area (Å²) in [5.41, 5.74) is 1.79. The molecule has 0 aliphatic heterocycles. The summed E-state index contributed by atoms with van der Waals surface area (Å²) >= 11 is 0. The van der Waals surface area contributed by atoms with Crippen LogP contribution in [0.4, 0.5) is 0 Å². The number of aromatic nitrogens is 1. The summed E-state index contributed by atoms with van der Waals surface area (Å²) in [6.07, 6.45) is 9.26. The second-order valence-corrected chi connectivity index (χ2v) is 6.73. The van der Waals surface area contributed by atoms with Gasteiger partial charge >= 0.3 is 0 Å². The van der Waals surface area contributed by atoms with Crippen LogP contribution in [0.15, 0.2) is 46.1 Å². The van der Waals surface area contributed by atoms with Gasteiger partial charge in [0.1, 0.15) is 5.49 Å². The first-order valence-electron chi connectivity index (χ1n) is 9.21. The molecule has 0 spiro atoms. The predicted octanol–water partition coefficient (Wildman–Crippen LogP) is 3.08. The van der Waals surface area contributed by atoms with Crippen molar-refractivity contribution in [1.82, 2.24) is 9.88 Å². The van der Waals surface area contributed by atoms with E-state index < -0.39 is 0 Å². The Labute approximate surface area is 152 Å². The van der Waals surface area contributed by atoms with Gasteiger partial charge in [0.15, 0.2) is 5.76 Å². The van der Waals surface area contributed by atoms with Crippen LogP contribution in [0.3, 0.4) is 0 Å². The number of hydrogen-bond acceptors (Lipinski definition) is 4. The third kappa shape index (κ3) is 4.71. The summed E-state index contributed by atoms with van der Waals surface area (Å²) in [7, 11) is 0. The Bertz CT molecular complexity index is 815. The van der Waals surface area contributed by atoms with Gasteiger partial charge < -0.3 is 9.73 Å². The zero-order valence-corrected chi connectivity index (χ0v) is 15.1. The number of carbonyl (C=O) groups is 2. The molecule has 1 aliphatic rings. The summed E-state index contributed by atoms with van der Waals surface area (Å²) in [4.78, 5) is 29.3. The van der Waals surface area contributed by atoms with Crippen molar-refractivity contribution < 1.29 is 14.0 Å². The average molecular weight is 355 g/mol. The highest BCUT2D eigenvalue weighted by molar-refractivity contribution is 5.91. The third-order valence-electron chi connectivity index (χ3n) is 4.62. The zero-order chi connectivity index (χ0) is 18.4. The van der Waals surface area contributed by atoms with Gasteiger partial charge in [-0.25, -0.2) is 0 Å². The molecule has 0 aromatic carbocycles. The van der Waals surface area contributed by atoms with E-state index in [4.69, 9.17) is 9.41 Å². The summed E-state index contributed by atoms with van der Waals surface area (Å²) < 4.78 is 6.63. The predicted molar refractivity (Wildman–Crippen MR) is 97.9 cm³/mol. The van der Waals surface area contributed by atoms with Crippen LogP contribution in [-0.4, -0.2) is 29.0 Å². The highest BCUT2D eigenvalue weighted by Crippen LogP contribution is 2.19. The van der Waals surface area contributed by atoms with Crippen molar-refractivity contribution in [3.63, 3.8) is 0 Å². The maximum atomic E-state index is 12.6. The van der Waals surface area contributed by atoms with Crippen LogP contribution in [0.2, 0.25) is 0 Å². The van der Waals surface area contributed by atoms with E-state index in [9.17, 15) is 9.59 Å². The van der Waals surface area contributed by atoms with Crippen molar-refractivity contribution in [2.75, 3.05) is 6.54 Å². The average Bonchev–Trinajstić information content (AvgIpc) is 3.17. The molecule has 0 atom stereocenters. The van der Waals surface area contributed by atoms with E-state index in [0.29, 0.717) is 11.5 Å². The van der Waals surface area contributed by atoms with Crippen molar-refractivity contribution in [2.45, 2.75) is 51.5 Å². The molecule has 6 heteroatoms. The zero-order valence-electron chi connectivity index (χ0n) is 15.1. The highest BCUT2D eigenvalue weighted by atomic mass is 16.3. The van der Waals surface area contributed by atoms with Crippen LogP contribution in [0, 0.1) is 6.92 Å². The highest BCUT2D eigenvalue weighted by Gasteiger charge is 2.14. The minimum absolute atomic E-state index is 0.0840. The molecule has 2 heterocycles. The van der Waals surface area contributed by atoms with Gasteiger partial charge in [-0.3, -0.25) is 19.1 Å². The van der Waals surface area contributed by atoms with Crippen molar-refractivity contribution >= 4 is 11.8 Å². The number of furan rings is 1. The van der Waals surface area contributed by atoms with Crippen LogP contribution in [0.25, 0.3) is 0 Å². The van der Waals surface area contributed by atoms with Crippen LogP contribution in [-0.2, 0) is 0 Å². The SMILES string of the molecule is Cc1ccn(C(=O)CCNC(=O)c2ccco2)c(=NC2CCCCC2)c1. The van der Waals surface area contributed by atoms with Crippen molar-refractivity contribution in [3.8, 4) is 0 Å². The van der Waals surface area contributed by atoms with Gasteiger partial charge in [-0.05, 0) is 49.6 Å². The van der Waals surface area contributed by atoms with Crippen molar-refractivity contribution in [3.05, 3.63) is 53.5 Å². The van der Waals surface area contributed by atoms with Gasteiger partial charge in [-0.15, -0.1) is 0 Å². The van der Waals surface area contributed by atoms with Gasteiger partial charge in [0.2, 0.25) is 5.91 Å². The summed E-state index contributed by atoms with van der Waals surface area (Å²) in [6, 6.07) is 7.39. The van der Waals surface area contributed by atoms with Crippen LogP contribution < -0.4 is 10.8 Å². The Hall–Kier alpha value is -2.63. The molecule has 3 rings (SSSR count). The van der Waals surface area contributed by atoms with Crippen LogP contribution in [0.5, 0.6) is 0 Å². The lowest BCUT2D eigenvalue weighted by atomic mass is 9.96. The fraction of sp³-hybridized carbons (Fsp3) is 0.450. The second kappa shape index (κ2) is 8.65. The molecule has 1 fully saturated rings. The monoisotopic (exact) mass is 355 g/mol. The van der Waals surface area contributed by atoms with E-state index in [2.05, 4.69) is 5.32 Å². The van der Waals surface area contributed by atoms with E-state index in [0.717, 1.165) is 18.4 Å². The maximum absolute atomic E-state index is 12.6. The van der Waals surface area contributed by atoms with Crippen LogP contribution in [0.1, 0.15) is 59.4 Å². The molecule has 1 N–H and O–H groups in total. The summed E-state index contributed by atoms with van der Waals surface area (Å²) in [6.45, 7) is 2.25. The first-order chi connectivity index (χ1) is 12.6. The van der Waals surface area contributed by atoms with E-state index in [1.54, 1.807) is 22.9 Å². The number of pyridine rings is 1. The largest absolute Gasteiger partial charge is 0.459 e. The van der Waals surface area contributed by atoms with E-state index in [1.807, 2.05) is 19.1 Å². The third-order valence-corrected chi connectivity index (χ3v) is 4.62. The number of rotatable bonds is 5. The number of hydrogen-bond donors (Lipinski definition) is 1. The number of aryl methyl sites for hydroxylation is 1. The lowest BCUT2D eigenvalue weighted by Crippen LogP contribution is -2.32. The van der Waals surface area contributed by atoms with Gasteiger partial charge in [0.25, 0.3) is 5.91 Å². The molecule has 0 unspecified atom stereocenters. The normalized spacial score (nSPS) is 15.8. The minimum Gasteiger partial charge on any atom is -0.459 e. The molecule has 2 aromatic heterocycles. The molecule has 1 amide bonds. The standard InChI is InChI=1S/C20H25N3O3/c1-15-10-12-23(18(14-15)22-16-6-3-2-4-7-16)19(24)9-11-21-20(25)17-8-5-13-26-17/h5,8,10,12-14,16H,2-4,6-7,9,11H2,1H3,(H,21,25). The molecular weight excluding hydrogens is 330 g/mol. The second-order valence-electron chi connectivity index (χ2n) is 6.73. The molecule has 0 saturated heterocycles. The first-order valence-corrected chi connectivity index (χ1v) is 9.21. The van der Waals surface area contributed by atoms with Gasteiger partial charge in [-0.1, -0.05) is 19.3 Å². The topological polar surface area (TPSA) is 76.6 Å². The lowest BCUT2D eigenvalue weighted by Gasteiger charge is -2.18. The fourth-order valence-corrected chi connectivity index (χ4v) is 3.20. The minimum atomic E-state index is -0.316. The quantitative estimate of drug-likeness (QED) is 0.895. The summed E-state index contributed by atoms with van der Waals surface area (Å²) in [5, 5.41) is 2.70. The number of amides is 1. The number of nitrogens with zero attached hydrogens (tertiary/aromatic N) is 2. The molecule has 1 aliphatic carbocycles. The smallest absolute Gasteiger partial charge is 0.286 e. The Kier molecular flexibility index (Phi) is 6.04. The van der Waals surface area contributed by atoms with Crippen molar-refractivity contribution in [1.29, 1.82) is 0 Å². The van der Waals surface area contributed by atoms with Gasteiger partial charge in [-0.2, -0.15) is 0 Å². The molecule has 6 nitrogen and oxygen atoms in total. The molecule has 0 radical (unpaired) electrons. The Morgan fingerprint density at radius 2 is 2.08 bits per heavy atom. The van der Waals surface area contributed by atoms with Crippen molar-refractivity contribution in [2.24, 2.45) is 4.99 Å². The number of nitrogens with one attached hydrogen (secondary N) is 1. The first kappa shape index (κ1) is 18.2. The molecular formula is C20H25N3O3. The molecule has 2 aromatic rings. The van der Waals surface area contributed by atoms with E-state index in [-0.39, 0.29) is 30.5 Å². The maximum Gasteiger partial charge on any atom is 0.286 e. The molecule has 0 bridgehead atoms. The Morgan fingerprint density at radius 3 is 2.81 bits per heavy atom. The number of carbonyl (C=O) groups excluding carboxylic acids is 2. The fourth-order valence-electron chi connectivity index (χ4n) is 3.20. The van der Waals surface area contributed by atoms with Gasteiger partial charge in [0, 0.05) is 19.2 Å². The van der Waals surface area contributed by atoms with E-state index >= 15 is 0 Å². The Balaban J connectivity index is 1.66. The Morgan fingerprint density at radius 1 is 1.27 bits per heavy atom. The molecule has 1 saturated carbocycles. The van der Waals surface area contributed by atoms with Gasteiger partial charge in [0.05, 0.1) is 12.3 Å². The lowest BCUT2D eigenvalue weighted by molar-refractivity contribution is 0.0881. The molecule has 138 valence electrons. The van der Waals surface area contributed by atoms with Crippen LogP contribution >= 0.6 is 0 Å².